The lowest BCUT2D eigenvalue weighted by Crippen LogP contribution is -2.47. The molecule has 0 heterocycles. The summed E-state index contributed by atoms with van der Waals surface area (Å²) in [6.45, 7) is -0.301. The first-order valence-corrected chi connectivity index (χ1v) is 6.58. The van der Waals surface area contributed by atoms with Gasteiger partial charge in [0.15, 0.2) is 6.10 Å². The number of carbonyl (C=O) groups excluding carboxylic acids is 1. The van der Waals surface area contributed by atoms with Crippen LogP contribution < -0.4 is 10.6 Å². The van der Waals surface area contributed by atoms with Crippen molar-refractivity contribution in [2.24, 2.45) is 0 Å². The molecule has 2 atom stereocenters. The van der Waals surface area contributed by atoms with E-state index in [0.717, 1.165) is 19.3 Å². The molecule has 0 spiro atoms. The number of fused-ring (bicyclic) bond motifs is 1. The van der Waals surface area contributed by atoms with Crippen LogP contribution in [0.4, 0.5) is 4.79 Å². The minimum absolute atomic E-state index is 0.0341. The van der Waals surface area contributed by atoms with Gasteiger partial charge in [-0.2, -0.15) is 0 Å². The van der Waals surface area contributed by atoms with Crippen LogP contribution in [0.2, 0.25) is 0 Å². The fourth-order valence-corrected chi connectivity index (χ4v) is 2.33. The summed E-state index contributed by atoms with van der Waals surface area (Å²) in [5.41, 5.74) is 2.54. The van der Waals surface area contributed by atoms with Crippen LogP contribution in [-0.2, 0) is 17.6 Å². The monoisotopic (exact) mass is 278 g/mol. The SMILES string of the molecule is O=C(NCC(O)C(=O)O)NC1CCc2ccccc2C1. The zero-order chi connectivity index (χ0) is 14.5. The number of aliphatic carboxylic acids is 1. The zero-order valence-corrected chi connectivity index (χ0v) is 11.0. The first kappa shape index (κ1) is 14.3. The van der Waals surface area contributed by atoms with E-state index < -0.39 is 18.1 Å². The molecule has 0 radical (unpaired) electrons. The first-order chi connectivity index (χ1) is 9.56. The fourth-order valence-electron chi connectivity index (χ4n) is 2.33. The summed E-state index contributed by atoms with van der Waals surface area (Å²) in [5.74, 6) is -1.35. The molecule has 2 amide bonds. The maximum Gasteiger partial charge on any atom is 0.334 e. The molecule has 0 aliphatic heterocycles. The Bertz CT molecular complexity index is 504. The maximum atomic E-state index is 11.6. The highest BCUT2D eigenvalue weighted by atomic mass is 16.4. The molecule has 20 heavy (non-hydrogen) atoms. The molecule has 108 valence electrons. The molecular weight excluding hydrogens is 260 g/mol. The van der Waals surface area contributed by atoms with E-state index in [1.807, 2.05) is 12.1 Å². The van der Waals surface area contributed by atoms with Crippen molar-refractivity contribution in [3.8, 4) is 0 Å². The van der Waals surface area contributed by atoms with Gasteiger partial charge in [0, 0.05) is 6.04 Å². The fraction of sp³-hybridized carbons (Fsp3) is 0.429. The molecule has 1 aliphatic carbocycles. The second-order valence-corrected chi connectivity index (χ2v) is 4.92. The van der Waals surface area contributed by atoms with Crippen LogP contribution in [0.1, 0.15) is 17.5 Å². The number of hydrogen-bond acceptors (Lipinski definition) is 3. The van der Waals surface area contributed by atoms with Gasteiger partial charge in [-0.3, -0.25) is 0 Å². The quantitative estimate of drug-likeness (QED) is 0.636. The van der Waals surface area contributed by atoms with Crippen LogP contribution >= 0.6 is 0 Å². The van der Waals surface area contributed by atoms with E-state index in [0.29, 0.717) is 0 Å². The van der Waals surface area contributed by atoms with Crippen molar-refractivity contribution < 1.29 is 19.8 Å². The molecule has 0 saturated heterocycles. The number of urea groups is 1. The van der Waals surface area contributed by atoms with Gasteiger partial charge in [-0.1, -0.05) is 24.3 Å². The van der Waals surface area contributed by atoms with Gasteiger partial charge >= 0.3 is 12.0 Å². The number of aliphatic hydroxyl groups is 1. The minimum Gasteiger partial charge on any atom is -0.479 e. The smallest absolute Gasteiger partial charge is 0.334 e. The van der Waals surface area contributed by atoms with E-state index in [1.165, 1.54) is 11.1 Å². The van der Waals surface area contributed by atoms with Crippen LogP contribution in [0.5, 0.6) is 0 Å². The van der Waals surface area contributed by atoms with Crippen LogP contribution in [0.25, 0.3) is 0 Å². The summed E-state index contributed by atoms with van der Waals surface area (Å²) in [7, 11) is 0. The van der Waals surface area contributed by atoms with E-state index in [1.54, 1.807) is 0 Å². The van der Waals surface area contributed by atoms with E-state index >= 15 is 0 Å². The highest BCUT2D eigenvalue weighted by molar-refractivity contribution is 5.76. The van der Waals surface area contributed by atoms with Gasteiger partial charge in [0.1, 0.15) is 0 Å². The predicted octanol–water partition coefficient (Wildman–Crippen LogP) is 0.289. The van der Waals surface area contributed by atoms with Crippen LogP contribution in [0.15, 0.2) is 24.3 Å². The predicted molar refractivity (Wildman–Crippen MR) is 72.4 cm³/mol. The molecule has 0 bridgehead atoms. The van der Waals surface area contributed by atoms with E-state index in [2.05, 4.69) is 22.8 Å². The normalized spacial score (nSPS) is 18.8. The van der Waals surface area contributed by atoms with Gasteiger partial charge in [0.25, 0.3) is 0 Å². The Kier molecular flexibility index (Phi) is 4.57. The van der Waals surface area contributed by atoms with Crippen LogP contribution in [0.3, 0.4) is 0 Å². The Morgan fingerprint density at radius 2 is 2.00 bits per heavy atom. The molecule has 2 unspecified atom stereocenters. The van der Waals surface area contributed by atoms with Crippen LogP contribution in [0, 0.1) is 0 Å². The lowest BCUT2D eigenvalue weighted by Gasteiger charge is -2.25. The van der Waals surface area contributed by atoms with Crippen molar-refractivity contribution in [3.05, 3.63) is 35.4 Å². The van der Waals surface area contributed by atoms with Crippen molar-refractivity contribution in [3.63, 3.8) is 0 Å². The average Bonchev–Trinajstić information content (AvgIpc) is 2.44. The van der Waals surface area contributed by atoms with Gasteiger partial charge in [-0.15, -0.1) is 0 Å². The molecule has 0 saturated carbocycles. The third kappa shape index (κ3) is 3.71. The average molecular weight is 278 g/mol. The molecule has 2 rings (SSSR count). The molecule has 1 aromatic rings. The topological polar surface area (TPSA) is 98.7 Å². The number of benzene rings is 1. The summed E-state index contributed by atoms with van der Waals surface area (Å²) < 4.78 is 0. The highest BCUT2D eigenvalue weighted by Gasteiger charge is 2.20. The third-order valence-corrected chi connectivity index (χ3v) is 3.42. The Morgan fingerprint density at radius 3 is 2.70 bits per heavy atom. The number of aliphatic hydroxyl groups excluding tert-OH is 1. The summed E-state index contributed by atoms with van der Waals surface area (Å²) >= 11 is 0. The van der Waals surface area contributed by atoms with Crippen LogP contribution in [-0.4, -0.2) is 40.9 Å². The van der Waals surface area contributed by atoms with Gasteiger partial charge in [-0.05, 0) is 30.4 Å². The number of aryl methyl sites for hydroxylation is 1. The summed E-state index contributed by atoms with van der Waals surface area (Å²) in [4.78, 5) is 22.0. The van der Waals surface area contributed by atoms with Crippen molar-refractivity contribution in [2.75, 3.05) is 6.54 Å². The Labute approximate surface area is 116 Å². The van der Waals surface area contributed by atoms with Gasteiger partial charge < -0.3 is 20.8 Å². The highest BCUT2D eigenvalue weighted by Crippen LogP contribution is 2.20. The Balaban J connectivity index is 1.80. The number of amides is 2. The molecule has 0 aromatic heterocycles. The number of carboxylic acid groups (broad SMARTS) is 1. The van der Waals surface area contributed by atoms with E-state index in [-0.39, 0.29) is 12.6 Å². The zero-order valence-electron chi connectivity index (χ0n) is 11.0. The molecular formula is C14H18N2O4. The lowest BCUT2D eigenvalue weighted by atomic mass is 9.88. The van der Waals surface area contributed by atoms with Crippen molar-refractivity contribution in [2.45, 2.75) is 31.4 Å². The molecule has 6 nitrogen and oxygen atoms in total. The molecule has 1 aliphatic rings. The Hall–Kier alpha value is -2.08. The number of carbonyl (C=O) groups is 2. The molecule has 1 aromatic carbocycles. The third-order valence-electron chi connectivity index (χ3n) is 3.42. The standard InChI is InChI=1S/C14H18N2O4/c17-12(13(18)19)8-15-14(20)16-11-6-5-9-3-1-2-4-10(9)7-11/h1-4,11-12,17H,5-8H2,(H,18,19)(H2,15,16,20). The van der Waals surface area contributed by atoms with Crippen molar-refractivity contribution in [1.82, 2.24) is 10.6 Å². The minimum atomic E-state index is -1.58. The summed E-state index contributed by atoms with van der Waals surface area (Å²) in [6.07, 6.45) is 0.961. The molecule has 0 fully saturated rings. The Morgan fingerprint density at radius 1 is 1.30 bits per heavy atom. The first-order valence-electron chi connectivity index (χ1n) is 6.58. The number of carboxylic acids is 1. The lowest BCUT2D eigenvalue weighted by molar-refractivity contribution is -0.146. The summed E-state index contributed by atoms with van der Waals surface area (Å²) in [5, 5.41) is 22.7. The summed E-state index contributed by atoms with van der Waals surface area (Å²) in [6, 6.07) is 7.71. The molecule has 4 N–H and O–H groups in total. The second-order valence-electron chi connectivity index (χ2n) is 4.92. The number of rotatable bonds is 4. The van der Waals surface area contributed by atoms with E-state index in [4.69, 9.17) is 10.2 Å². The van der Waals surface area contributed by atoms with E-state index in [9.17, 15) is 9.59 Å². The van der Waals surface area contributed by atoms with Crippen molar-refractivity contribution in [1.29, 1.82) is 0 Å². The van der Waals surface area contributed by atoms with Gasteiger partial charge in [0.2, 0.25) is 0 Å². The van der Waals surface area contributed by atoms with Crippen molar-refractivity contribution >= 4 is 12.0 Å². The second kappa shape index (κ2) is 6.38. The number of hydrogen-bond donors (Lipinski definition) is 4. The maximum absolute atomic E-state index is 11.6. The molecule has 6 heteroatoms. The number of nitrogens with one attached hydrogen (secondary N) is 2. The van der Waals surface area contributed by atoms with Gasteiger partial charge in [0.05, 0.1) is 6.54 Å². The largest absolute Gasteiger partial charge is 0.479 e. The van der Waals surface area contributed by atoms with Gasteiger partial charge in [-0.25, -0.2) is 9.59 Å².